The molecule has 0 aliphatic heterocycles. The predicted molar refractivity (Wildman–Crippen MR) is 237 cm³/mol. The van der Waals surface area contributed by atoms with Gasteiger partial charge in [0.25, 0.3) is 0 Å². The van der Waals surface area contributed by atoms with Gasteiger partial charge in [-0.2, -0.15) is 0 Å². The Morgan fingerprint density at radius 1 is 0.327 bits per heavy atom. The molecule has 0 fully saturated rings. The highest BCUT2D eigenvalue weighted by atomic mass is 32.1. The van der Waals surface area contributed by atoms with Gasteiger partial charge in [0.1, 0.15) is 0 Å². The Balaban J connectivity index is 1.60. The van der Waals surface area contributed by atoms with Crippen LogP contribution in [-0.4, -0.2) is 8.80 Å². The average Bonchev–Trinajstić information content (AvgIpc) is 3.06. The molecule has 0 aliphatic rings. The van der Waals surface area contributed by atoms with E-state index >= 15 is 0 Å². The SMILES string of the molecule is CC(C)(C)c1ccc2c(c1)sc1c3sc4cc(C(C)(C)C)ccc4n4c5ccc(C(C)(C)C)cc5sc(c5sc6cc(C(C)(C)C)ccc6n2c15)c34. The summed E-state index contributed by atoms with van der Waals surface area (Å²) in [5.41, 5.74) is 13.6. The van der Waals surface area contributed by atoms with Crippen LogP contribution in [0.1, 0.15) is 105 Å². The number of rotatable bonds is 0. The standard InChI is InChI=1S/C46H48N2S4/c1-43(2,3)25-13-17-29-33(21-25)49-39-37-41(51-34-22-26(44(4,5)6)14-18-30(34)47(29)37)42-38-40(39)50-35-23-27(45(7,8)9)15-19-31(35)48(38)32-20-16-28(46(10,11)12)24-36(32)52-42/h13-24H,1-12H3. The summed E-state index contributed by atoms with van der Waals surface area (Å²) in [6.07, 6.45) is 0. The molecule has 266 valence electrons. The highest BCUT2D eigenvalue weighted by molar-refractivity contribution is 7.36. The van der Waals surface area contributed by atoms with Crippen molar-refractivity contribution in [2.75, 3.05) is 0 Å². The smallest absolute Gasteiger partial charge is 0.0838 e. The van der Waals surface area contributed by atoms with Gasteiger partial charge in [-0.3, -0.25) is 0 Å². The van der Waals surface area contributed by atoms with E-state index in [0.717, 1.165) is 0 Å². The molecule has 0 spiro atoms. The van der Waals surface area contributed by atoms with Crippen molar-refractivity contribution < 1.29 is 0 Å². The minimum absolute atomic E-state index is 0.0581. The number of hydrogen-bond acceptors (Lipinski definition) is 4. The Labute approximate surface area is 322 Å². The van der Waals surface area contributed by atoms with Gasteiger partial charge in [0.05, 0.1) is 70.7 Å². The topological polar surface area (TPSA) is 8.82 Å². The molecule has 5 aromatic carbocycles. The molecule has 0 unspecified atom stereocenters. The van der Waals surface area contributed by atoms with Crippen LogP contribution < -0.4 is 0 Å². The van der Waals surface area contributed by atoms with Gasteiger partial charge in [-0.1, -0.05) is 107 Å². The van der Waals surface area contributed by atoms with Crippen molar-refractivity contribution in [1.82, 2.24) is 8.80 Å². The lowest BCUT2D eigenvalue weighted by molar-refractivity contribution is 0.591. The van der Waals surface area contributed by atoms with Gasteiger partial charge >= 0.3 is 0 Å². The summed E-state index contributed by atoms with van der Waals surface area (Å²) in [6, 6.07) is 28.9. The second-order valence-electron chi connectivity index (χ2n) is 18.8. The molecule has 0 aliphatic carbocycles. The Kier molecular flexibility index (Phi) is 7.31. The fourth-order valence-corrected chi connectivity index (χ4v) is 12.8. The van der Waals surface area contributed by atoms with E-state index in [0.29, 0.717) is 0 Å². The second-order valence-corrected chi connectivity index (χ2v) is 23.0. The summed E-state index contributed by atoms with van der Waals surface area (Å²) in [4.78, 5) is 0. The molecule has 0 bridgehead atoms. The predicted octanol–water partition coefficient (Wildman–Crippen LogP) is 15.7. The fourth-order valence-electron chi connectivity index (χ4n) is 7.59. The molecule has 52 heavy (non-hydrogen) atoms. The second kappa shape index (κ2) is 11.1. The molecular weight excluding hydrogens is 709 g/mol. The number of aromatic nitrogens is 2. The van der Waals surface area contributed by atoms with Crippen LogP contribution in [0.5, 0.6) is 0 Å². The van der Waals surface area contributed by atoms with Gasteiger partial charge in [-0.15, -0.1) is 45.3 Å². The van der Waals surface area contributed by atoms with Crippen molar-refractivity contribution in [2.45, 2.75) is 105 Å². The molecule has 0 radical (unpaired) electrons. The Morgan fingerprint density at radius 3 is 0.731 bits per heavy atom. The van der Waals surface area contributed by atoms with Gasteiger partial charge < -0.3 is 8.80 Å². The summed E-state index contributed by atoms with van der Waals surface area (Å²) >= 11 is 7.93. The zero-order valence-corrected chi connectivity index (χ0v) is 35.7. The molecule has 6 heteroatoms. The maximum atomic E-state index is 2.62. The van der Waals surface area contributed by atoms with E-state index in [1.807, 2.05) is 45.3 Å². The summed E-state index contributed by atoms with van der Waals surface area (Å²) in [6.45, 7) is 27.9. The Bertz CT molecular complexity index is 2590. The molecule has 9 rings (SSSR count). The highest BCUT2D eigenvalue weighted by Crippen LogP contribution is 2.50. The van der Waals surface area contributed by atoms with Gasteiger partial charge in [-0.25, -0.2) is 0 Å². The van der Waals surface area contributed by atoms with Gasteiger partial charge in [0.2, 0.25) is 0 Å². The van der Waals surface area contributed by atoms with Gasteiger partial charge in [0.15, 0.2) is 0 Å². The molecule has 0 amide bonds. The first kappa shape index (κ1) is 34.4. The maximum Gasteiger partial charge on any atom is 0.0838 e. The van der Waals surface area contributed by atoms with Crippen LogP contribution in [0, 0.1) is 0 Å². The van der Waals surface area contributed by atoms with Gasteiger partial charge in [-0.05, 0) is 92.4 Å². The van der Waals surface area contributed by atoms with E-state index in [9.17, 15) is 0 Å². The lowest BCUT2D eigenvalue weighted by Gasteiger charge is -2.24. The van der Waals surface area contributed by atoms with Crippen molar-refractivity contribution in [3.63, 3.8) is 0 Å². The fraction of sp³-hybridized carbons (Fsp3) is 0.348. The normalized spacial score (nSPS) is 13.8. The first-order valence-electron chi connectivity index (χ1n) is 18.4. The number of fused-ring (bicyclic) bond motifs is 10. The first-order valence-corrected chi connectivity index (χ1v) is 21.7. The van der Waals surface area contributed by atoms with Crippen molar-refractivity contribution in [3.05, 3.63) is 95.1 Å². The van der Waals surface area contributed by atoms with Crippen LogP contribution in [-0.2, 0) is 21.7 Å². The van der Waals surface area contributed by atoms with Crippen LogP contribution in [0.15, 0.2) is 72.8 Å². The molecule has 0 saturated heterocycles. The van der Waals surface area contributed by atoms with Crippen LogP contribution in [0.2, 0.25) is 0 Å². The quantitative estimate of drug-likeness (QED) is 0.108. The lowest BCUT2D eigenvalue weighted by Crippen LogP contribution is -2.11. The first-order chi connectivity index (χ1) is 24.3. The molecule has 4 aromatic heterocycles. The third-order valence-corrected chi connectivity index (χ3v) is 15.7. The summed E-state index contributed by atoms with van der Waals surface area (Å²) in [7, 11) is 0. The minimum atomic E-state index is 0.0581. The van der Waals surface area contributed by atoms with Gasteiger partial charge in [0, 0.05) is 0 Å². The molecule has 0 N–H and O–H groups in total. The van der Waals surface area contributed by atoms with Crippen LogP contribution in [0.25, 0.3) is 70.7 Å². The van der Waals surface area contributed by atoms with Crippen molar-refractivity contribution in [1.29, 1.82) is 0 Å². The molecular formula is C46H48N2S4. The van der Waals surface area contributed by atoms with E-state index in [-0.39, 0.29) is 21.7 Å². The molecule has 9 aromatic rings. The third-order valence-electron chi connectivity index (χ3n) is 10.8. The lowest BCUT2D eigenvalue weighted by atomic mass is 9.87. The monoisotopic (exact) mass is 756 g/mol. The van der Waals surface area contributed by atoms with Crippen molar-refractivity contribution in [2.24, 2.45) is 0 Å². The van der Waals surface area contributed by atoms with E-state index in [4.69, 9.17) is 0 Å². The average molecular weight is 757 g/mol. The summed E-state index contributed by atoms with van der Waals surface area (Å²) in [5.74, 6) is 0. The van der Waals surface area contributed by atoms with Crippen LogP contribution in [0.4, 0.5) is 0 Å². The van der Waals surface area contributed by atoms with Crippen LogP contribution >= 0.6 is 45.3 Å². The van der Waals surface area contributed by atoms with Crippen molar-refractivity contribution >= 4 is 116 Å². The minimum Gasteiger partial charge on any atom is -0.305 e. The molecule has 4 heterocycles. The summed E-state index contributed by atoms with van der Waals surface area (Å²) < 4.78 is 16.1. The highest BCUT2D eigenvalue weighted by Gasteiger charge is 2.25. The zero-order chi connectivity index (χ0) is 36.9. The van der Waals surface area contributed by atoms with Crippen molar-refractivity contribution in [3.8, 4) is 0 Å². The number of benzene rings is 5. The third kappa shape index (κ3) is 5.19. The Hall–Kier alpha value is -3.42. The molecule has 2 nitrogen and oxygen atoms in total. The maximum absolute atomic E-state index is 2.62. The molecule has 0 atom stereocenters. The molecule has 0 saturated carbocycles. The van der Waals surface area contributed by atoms with E-state index in [1.54, 1.807) is 0 Å². The van der Waals surface area contributed by atoms with E-state index < -0.39 is 0 Å². The van der Waals surface area contributed by atoms with E-state index in [2.05, 4.69) is 165 Å². The summed E-state index contributed by atoms with van der Waals surface area (Å²) in [5, 5.41) is 0. The number of nitrogens with zero attached hydrogens (tertiary/aromatic N) is 2. The van der Waals surface area contributed by atoms with E-state index in [1.165, 1.54) is 93.0 Å². The zero-order valence-electron chi connectivity index (χ0n) is 32.5. The largest absolute Gasteiger partial charge is 0.305 e. The Morgan fingerprint density at radius 2 is 0.538 bits per heavy atom. The number of hydrogen-bond donors (Lipinski definition) is 0. The van der Waals surface area contributed by atoms with Crippen LogP contribution in [0.3, 0.4) is 0 Å².